The summed E-state index contributed by atoms with van der Waals surface area (Å²) in [6.07, 6.45) is 4.91. The van der Waals surface area contributed by atoms with Gasteiger partial charge >= 0.3 is 0 Å². The molecule has 0 unspecified atom stereocenters. The van der Waals surface area contributed by atoms with E-state index in [1.54, 1.807) is 15.9 Å². The lowest BCUT2D eigenvalue weighted by Crippen LogP contribution is -2.35. The van der Waals surface area contributed by atoms with Gasteiger partial charge in [-0.3, -0.25) is 9.59 Å². The molecule has 3 aromatic heterocycles. The van der Waals surface area contributed by atoms with Gasteiger partial charge < -0.3 is 5.32 Å². The molecule has 1 aliphatic rings. The number of nitrogens with zero attached hydrogens (tertiary/aromatic N) is 4. The molecule has 2 aromatic carbocycles. The van der Waals surface area contributed by atoms with E-state index in [1.165, 1.54) is 27.8 Å². The summed E-state index contributed by atoms with van der Waals surface area (Å²) < 4.78 is 3.63. The minimum absolute atomic E-state index is 0.0182. The predicted molar refractivity (Wildman–Crippen MR) is 149 cm³/mol. The number of hydrogen-bond acceptors (Lipinski definition) is 6. The number of thiophene rings is 1. The molecule has 0 saturated carbocycles. The number of amides is 1. The minimum atomic E-state index is -0.0525. The second kappa shape index (κ2) is 10.1. The Kier molecular flexibility index (Phi) is 6.56. The zero-order valence-electron chi connectivity index (χ0n) is 20.5. The zero-order chi connectivity index (χ0) is 25.4. The highest BCUT2D eigenvalue weighted by Gasteiger charge is 2.25. The van der Waals surface area contributed by atoms with Gasteiger partial charge in [-0.1, -0.05) is 60.3 Å². The van der Waals surface area contributed by atoms with E-state index in [2.05, 4.69) is 27.6 Å². The fourth-order valence-electron chi connectivity index (χ4n) is 5.09. The van der Waals surface area contributed by atoms with Crippen LogP contribution in [0.1, 0.15) is 35.8 Å². The molecule has 6 rings (SSSR count). The first-order chi connectivity index (χ1) is 18.1. The average molecular weight is 530 g/mol. The van der Waals surface area contributed by atoms with Crippen LogP contribution >= 0.6 is 23.1 Å². The maximum atomic E-state index is 13.8. The van der Waals surface area contributed by atoms with Crippen molar-refractivity contribution in [3.63, 3.8) is 0 Å². The summed E-state index contributed by atoms with van der Waals surface area (Å²) in [7, 11) is 0. The van der Waals surface area contributed by atoms with E-state index in [0.29, 0.717) is 10.9 Å². The van der Waals surface area contributed by atoms with Crippen LogP contribution in [-0.4, -0.2) is 36.9 Å². The molecule has 0 spiro atoms. The van der Waals surface area contributed by atoms with E-state index in [0.717, 1.165) is 48.0 Å². The molecule has 9 heteroatoms. The van der Waals surface area contributed by atoms with Gasteiger partial charge in [0.05, 0.1) is 16.8 Å². The van der Waals surface area contributed by atoms with Crippen LogP contribution in [0.4, 0.5) is 0 Å². The summed E-state index contributed by atoms with van der Waals surface area (Å²) in [6, 6.07) is 19.7. The lowest BCUT2D eigenvalue weighted by Gasteiger charge is -2.14. The second-order valence-corrected chi connectivity index (χ2v) is 11.5. The van der Waals surface area contributed by atoms with Gasteiger partial charge in [0.15, 0.2) is 5.16 Å². The highest BCUT2D eigenvalue weighted by atomic mass is 32.2. The van der Waals surface area contributed by atoms with Crippen molar-refractivity contribution in [1.82, 2.24) is 24.5 Å². The largest absolute Gasteiger partial charge is 0.353 e. The number of rotatable bonds is 7. The first-order valence-electron chi connectivity index (χ1n) is 12.6. The molecular weight excluding hydrogens is 502 g/mol. The quantitative estimate of drug-likeness (QED) is 0.306. The third-order valence-electron chi connectivity index (χ3n) is 6.73. The fraction of sp³-hybridized carbons (Fsp3) is 0.286. The summed E-state index contributed by atoms with van der Waals surface area (Å²) in [4.78, 5) is 28.8. The lowest BCUT2D eigenvalue weighted by atomic mass is 9.97. The third kappa shape index (κ3) is 4.57. The van der Waals surface area contributed by atoms with Gasteiger partial charge in [0.1, 0.15) is 4.83 Å². The van der Waals surface area contributed by atoms with Crippen molar-refractivity contribution in [3.8, 4) is 5.69 Å². The van der Waals surface area contributed by atoms with Gasteiger partial charge in [-0.25, -0.2) is 8.97 Å². The fourth-order valence-corrected chi connectivity index (χ4v) is 7.27. The van der Waals surface area contributed by atoms with Gasteiger partial charge in [-0.05, 0) is 62.3 Å². The van der Waals surface area contributed by atoms with Crippen LogP contribution in [-0.2, 0) is 24.1 Å². The number of fused-ring (bicyclic) bond motifs is 5. The van der Waals surface area contributed by atoms with Crippen LogP contribution in [0, 0.1) is 0 Å². The van der Waals surface area contributed by atoms with Gasteiger partial charge in [-0.2, -0.15) is 0 Å². The number of carbonyl (C=O) groups is 1. The SMILES string of the molecule is C[C@@H](Cc1ccccc1)NC(=O)CSc1nnc2n(-c3ccccc3)c(=O)c3c4c(sc3n12)CCCC4. The first-order valence-corrected chi connectivity index (χ1v) is 14.4. The Labute approximate surface area is 222 Å². The molecule has 1 atom stereocenters. The van der Waals surface area contributed by atoms with Crippen molar-refractivity contribution >= 4 is 45.0 Å². The first kappa shape index (κ1) is 23.9. The smallest absolute Gasteiger partial charge is 0.268 e. The maximum Gasteiger partial charge on any atom is 0.268 e. The molecule has 5 aromatic rings. The Morgan fingerprint density at radius 2 is 1.78 bits per heavy atom. The van der Waals surface area contributed by atoms with E-state index in [4.69, 9.17) is 0 Å². The van der Waals surface area contributed by atoms with Crippen molar-refractivity contribution in [2.75, 3.05) is 5.75 Å². The van der Waals surface area contributed by atoms with Crippen LogP contribution in [0.3, 0.4) is 0 Å². The number of thioether (sulfide) groups is 1. The minimum Gasteiger partial charge on any atom is -0.353 e. The Bertz CT molecular complexity index is 1640. The number of aromatic nitrogens is 4. The van der Waals surface area contributed by atoms with Gasteiger partial charge in [0.2, 0.25) is 11.7 Å². The summed E-state index contributed by atoms with van der Waals surface area (Å²) >= 11 is 3.02. The number of benzene rings is 2. The Balaban J connectivity index is 1.34. The molecule has 3 heterocycles. The van der Waals surface area contributed by atoms with Gasteiger partial charge in [0, 0.05) is 10.9 Å². The highest BCUT2D eigenvalue weighted by molar-refractivity contribution is 7.99. The molecule has 0 bridgehead atoms. The Morgan fingerprint density at radius 3 is 2.57 bits per heavy atom. The van der Waals surface area contributed by atoms with Crippen molar-refractivity contribution in [2.24, 2.45) is 0 Å². The predicted octanol–water partition coefficient (Wildman–Crippen LogP) is 4.81. The number of carbonyl (C=O) groups excluding carboxylic acids is 1. The number of nitrogens with one attached hydrogen (secondary N) is 1. The normalized spacial score (nSPS) is 14.1. The van der Waals surface area contributed by atoms with Crippen LogP contribution < -0.4 is 10.9 Å². The van der Waals surface area contributed by atoms with Crippen molar-refractivity contribution < 1.29 is 4.79 Å². The van der Waals surface area contributed by atoms with Crippen LogP contribution in [0.2, 0.25) is 0 Å². The summed E-state index contributed by atoms with van der Waals surface area (Å²) in [6.45, 7) is 2.01. The number of aryl methyl sites for hydroxylation is 2. The summed E-state index contributed by atoms with van der Waals surface area (Å²) in [5.41, 5.74) is 3.06. The van der Waals surface area contributed by atoms with E-state index in [1.807, 2.05) is 59.9 Å². The van der Waals surface area contributed by atoms with Crippen LogP contribution in [0.25, 0.3) is 21.7 Å². The molecular formula is C28H27N5O2S2. The molecule has 0 fully saturated rings. The molecule has 0 radical (unpaired) electrons. The molecule has 1 aliphatic carbocycles. The second-order valence-electron chi connectivity index (χ2n) is 9.43. The average Bonchev–Trinajstić information content (AvgIpc) is 3.50. The monoisotopic (exact) mass is 529 g/mol. The molecule has 1 amide bonds. The van der Waals surface area contributed by atoms with Gasteiger partial charge in [-0.15, -0.1) is 21.5 Å². The van der Waals surface area contributed by atoms with E-state index < -0.39 is 0 Å². The molecule has 0 aliphatic heterocycles. The van der Waals surface area contributed by atoms with Crippen LogP contribution in [0.5, 0.6) is 0 Å². The standard InChI is InChI=1S/C28H27N5O2S2/c1-18(16-19-10-4-2-5-11-19)29-23(34)17-36-28-31-30-27-32(20-12-6-3-7-13-20)25(35)24-21-14-8-9-15-22(21)37-26(24)33(27)28/h2-7,10-13,18H,8-9,14-17H2,1H3,(H,29,34)/t18-/m0/s1. The highest BCUT2D eigenvalue weighted by Crippen LogP contribution is 2.36. The summed E-state index contributed by atoms with van der Waals surface area (Å²) in [5.74, 6) is 0.641. The molecule has 1 N–H and O–H groups in total. The van der Waals surface area contributed by atoms with E-state index in [9.17, 15) is 9.59 Å². The van der Waals surface area contributed by atoms with Gasteiger partial charge in [0.25, 0.3) is 5.56 Å². The summed E-state index contributed by atoms with van der Waals surface area (Å²) in [5, 5.41) is 13.4. The Morgan fingerprint density at radius 1 is 1.05 bits per heavy atom. The molecule has 188 valence electrons. The molecule has 0 saturated heterocycles. The Hall–Kier alpha value is -3.43. The number of para-hydroxylation sites is 1. The molecule has 7 nitrogen and oxygen atoms in total. The van der Waals surface area contributed by atoms with Crippen molar-refractivity contribution in [3.05, 3.63) is 87.0 Å². The lowest BCUT2D eigenvalue weighted by molar-refractivity contribution is -0.119. The third-order valence-corrected chi connectivity index (χ3v) is 8.93. The van der Waals surface area contributed by atoms with E-state index >= 15 is 0 Å². The van der Waals surface area contributed by atoms with Crippen molar-refractivity contribution in [2.45, 2.75) is 50.2 Å². The molecule has 37 heavy (non-hydrogen) atoms. The van der Waals surface area contributed by atoms with Crippen LogP contribution in [0.15, 0.2) is 70.6 Å². The zero-order valence-corrected chi connectivity index (χ0v) is 22.1. The maximum absolute atomic E-state index is 13.8. The van der Waals surface area contributed by atoms with Crippen molar-refractivity contribution in [1.29, 1.82) is 0 Å². The number of hydrogen-bond donors (Lipinski definition) is 1. The van der Waals surface area contributed by atoms with E-state index in [-0.39, 0.29) is 23.3 Å². The topological polar surface area (TPSA) is 81.3 Å².